The number of halogens is 4. The molecule has 1 N–H and O–H groups in total. The molecule has 0 fully saturated rings. The summed E-state index contributed by atoms with van der Waals surface area (Å²) < 4.78 is 37.1. The molecule has 3 nitrogen and oxygen atoms in total. The van der Waals surface area contributed by atoms with Crippen LogP contribution in [0.5, 0.6) is 0 Å². The number of aromatic nitrogens is 1. The zero-order chi connectivity index (χ0) is 18.0. The molecule has 25 heavy (non-hydrogen) atoms. The van der Waals surface area contributed by atoms with Gasteiger partial charge in [0.15, 0.2) is 0 Å². The van der Waals surface area contributed by atoms with E-state index in [0.717, 1.165) is 11.3 Å². The summed E-state index contributed by atoms with van der Waals surface area (Å²) in [6.07, 6.45) is -4.96. The maximum Gasteiger partial charge on any atom is 0.471 e. The first kappa shape index (κ1) is 17.4. The van der Waals surface area contributed by atoms with Gasteiger partial charge in [-0.05, 0) is 18.2 Å². The van der Waals surface area contributed by atoms with Gasteiger partial charge < -0.3 is 5.32 Å². The van der Waals surface area contributed by atoms with Crippen molar-refractivity contribution in [3.8, 4) is 21.8 Å². The van der Waals surface area contributed by atoms with Gasteiger partial charge in [-0.1, -0.05) is 41.9 Å². The number of rotatable bonds is 3. The van der Waals surface area contributed by atoms with Crippen LogP contribution in [0.3, 0.4) is 0 Å². The maximum absolute atomic E-state index is 12.4. The van der Waals surface area contributed by atoms with Gasteiger partial charge in [-0.3, -0.25) is 4.79 Å². The number of amides is 1. The molecule has 3 rings (SSSR count). The fraction of sp³-hybridized carbons (Fsp3) is 0.0588. The lowest BCUT2D eigenvalue weighted by Gasteiger charge is -2.09. The van der Waals surface area contributed by atoms with Crippen LogP contribution in [-0.4, -0.2) is 17.1 Å². The molecule has 8 heteroatoms. The van der Waals surface area contributed by atoms with Crippen molar-refractivity contribution >= 4 is 34.5 Å². The van der Waals surface area contributed by atoms with E-state index in [1.165, 1.54) is 29.5 Å². The second-order valence-corrected chi connectivity index (χ2v) is 6.32. The van der Waals surface area contributed by atoms with Crippen LogP contribution in [0, 0.1) is 0 Å². The predicted octanol–water partition coefficient (Wildman–Crippen LogP) is 5.63. The lowest BCUT2D eigenvalue weighted by molar-refractivity contribution is -0.167. The number of benzene rings is 2. The van der Waals surface area contributed by atoms with Crippen LogP contribution >= 0.6 is 22.9 Å². The number of nitrogens with one attached hydrogen (secondary N) is 1. The van der Waals surface area contributed by atoms with Crippen molar-refractivity contribution in [2.45, 2.75) is 6.18 Å². The topological polar surface area (TPSA) is 42.0 Å². The molecule has 0 saturated carbocycles. The second kappa shape index (κ2) is 6.85. The molecule has 1 amide bonds. The van der Waals surface area contributed by atoms with Crippen molar-refractivity contribution in [3.05, 3.63) is 58.9 Å². The molecule has 0 bridgehead atoms. The number of carbonyl (C=O) groups excluding carboxylic acids is 1. The summed E-state index contributed by atoms with van der Waals surface area (Å²) in [6.45, 7) is 0. The largest absolute Gasteiger partial charge is 0.471 e. The van der Waals surface area contributed by atoms with Gasteiger partial charge in [0, 0.05) is 22.2 Å². The van der Waals surface area contributed by atoms with E-state index in [2.05, 4.69) is 4.98 Å². The normalized spacial score (nSPS) is 11.4. The molecule has 2 aromatic carbocycles. The van der Waals surface area contributed by atoms with E-state index < -0.39 is 12.1 Å². The van der Waals surface area contributed by atoms with Gasteiger partial charge in [-0.25, -0.2) is 4.98 Å². The number of hydrogen-bond donors (Lipinski definition) is 1. The SMILES string of the molecule is O=C(Nc1ccc(Cl)c(-c2nc(-c3ccccc3)cs2)c1)C(F)(F)F. The molecule has 0 aliphatic heterocycles. The number of carbonyl (C=O) groups is 1. The van der Waals surface area contributed by atoms with Gasteiger partial charge in [0.05, 0.1) is 10.7 Å². The number of anilines is 1. The summed E-state index contributed by atoms with van der Waals surface area (Å²) in [4.78, 5) is 15.6. The molecule has 0 aliphatic rings. The first-order valence-electron chi connectivity index (χ1n) is 7.03. The highest BCUT2D eigenvalue weighted by molar-refractivity contribution is 7.13. The Bertz CT molecular complexity index is 910. The van der Waals surface area contributed by atoms with E-state index in [4.69, 9.17) is 11.6 Å². The molecule has 128 valence electrons. The van der Waals surface area contributed by atoms with Crippen molar-refractivity contribution in [1.82, 2.24) is 4.98 Å². The Morgan fingerprint density at radius 2 is 1.84 bits per heavy atom. The first-order chi connectivity index (χ1) is 11.8. The minimum atomic E-state index is -4.96. The van der Waals surface area contributed by atoms with Crippen molar-refractivity contribution in [2.75, 3.05) is 5.32 Å². The molecule has 0 aliphatic carbocycles. The van der Waals surface area contributed by atoms with Crippen molar-refractivity contribution in [1.29, 1.82) is 0 Å². The van der Waals surface area contributed by atoms with Crippen LogP contribution in [0.1, 0.15) is 0 Å². The summed E-state index contributed by atoms with van der Waals surface area (Å²) in [7, 11) is 0. The predicted molar refractivity (Wildman–Crippen MR) is 92.7 cm³/mol. The van der Waals surface area contributed by atoms with Crippen LogP contribution in [-0.2, 0) is 4.79 Å². The van der Waals surface area contributed by atoms with Gasteiger partial charge in [0.2, 0.25) is 0 Å². The van der Waals surface area contributed by atoms with Crippen LogP contribution in [0.15, 0.2) is 53.9 Å². The maximum atomic E-state index is 12.4. The standard InChI is InChI=1S/C17H10ClF3N2OS/c18-13-7-6-11(22-16(24)17(19,20)21)8-12(13)15-23-14(9-25-15)10-4-2-1-3-5-10/h1-9H,(H,22,24). The van der Waals surface area contributed by atoms with Crippen molar-refractivity contribution in [3.63, 3.8) is 0 Å². The third-order valence-corrected chi connectivity index (χ3v) is 4.49. The zero-order valence-corrected chi connectivity index (χ0v) is 14.0. The number of nitrogens with zero attached hydrogens (tertiary/aromatic N) is 1. The fourth-order valence-corrected chi connectivity index (χ4v) is 3.23. The lowest BCUT2D eigenvalue weighted by Crippen LogP contribution is -2.29. The van der Waals surface area contributed by atoms with E-state index in [1.54, 1.807) is 0 Å². The zero-order valence-electron chi connectivity index (χ0n) is 12.5. The molecular formula is C17H10ClF3N2OS. The molecule has 3 aromatic rings. The summed E-state index contributed by atoms with van der Waals surface area (Å²) in [5.74, 6) is -2.04. The Balaban J connectivity index is 1.91. The number of thiazole rings is 1. The third-order valence-electron chi connectivity index (χ3n) is 3.29. The van der Waals surface area contributed by atoms with Crippen molar-refractivity contribution in [2.24, 2.45) is 0 Å². The van der Waals surface area contributed by atoms with Gasteiger partial charge >= 0.3 is 12.1 Å². The molecule has 0 radical (unpaired) electrons. The molecule has 0 unspecified atom stereocenters. The van der Waals surface area contributed by atoms with Gasteiger partial charge in [0.1, 0.15) is 5.01 Å². The number of alkyl halides is 3. The van der Waals surface area contributed by atoms with E-state index in [1.807, 2.05) is 41.0 Å². The highest BCUT2D eigenvalue weighted by Crippen LogP contribution is 2.35. The minimum absolute atomic E-state index is 0.00168. The highest BCUT2D eigenvalue weighted by atomic mass is 35.5. The highest BCUT2D eigenvalue weighted by Gasteiger charge is 2.38. The molecule has 1 heterocycles. The van der Waals surface area contributed by atoms with Gasteiger partial charge in [0.25, 0.3) is 0 Å². The monoisotopic (exact) mass is 382 g/mol. The summed E-state index contributed by atoms with van der Waals surface area (Å²) in [6, 6.07) is 13.6. The second-order valence-electron chi connectivity index (χ2n) is 5.05. The molecule has 0 saturated heterocycles. The fourth-order valence-electron chi connectivity index (χ4n) is 2.11. The van der Waals surface area contributed by atoms with Crippen LogP contribution in [0.2, 0.25) is 5.02 Å². The van der Waals surface area contributed by atoms with E-state index in [-0.39, 0.29) is 5.69 Å². The van der Waals surface area contributed by atoms with Crippen LogP contribution in [0.25, 0.3) is 21.8 Å². The first-order valence-corrected chi connectivity index (χ1v) is 8.29. The van der Waals surface area contributed by atoms with Crippen LogP contribution in [0.4, 0.5) is 18.9 Å². The smallest absolute Gasteiger partial charge is 0.318 e. The van der Waals surface area contributed by atoms with Gasteiger partial charge in [-0.2, -0.15) is 13.2 Å². The van der Waals surface area contributed by atoms with E-state index in [9.17, 15) is 18.0 Å². The van der Waals surface area contributed by atoms with E-state index in [0.29, 0.717) is 15.6 Å². The van der Waals surface area contributed by atoms with Crippen LogP contribution < -0.4 is 5.32 Å². The molecule has 0 spiro atoms. The summed E-state index contributed by atoms with van der Waals surface area (Å²) in [5, 5.41) is 4.53. The summed E-state index contributed by atoms with van der Waals surface area (Å²) >= 11 is 7.46. The van der Waals surface area contributed by atoms with Crippen molar-refractivity contribution < 1.29 is 18.0 Å². The minimum Gasteiger partial charge on any atom is -0.318 e. The average Bonchev–Trinajstić information content (AvgIpc) is 3.06. The quantitative estimate of drug-likeness (QED) is 0.637. The third kappa shape index (κ3) is 4.00. The summed E-state index contributed by atoms with van der Waals surface area (Å²) in [5.41, 5.74) is 2.11. The van der Waals surface area contributed by atoms with E-state index >= 15 is 0 Å². The molecule has 0 atom stereocenters. The Labute approximate surface area is 150 Å². The van der Waals surface area contributed by atoms with Gasteiger partial charge in [-0.15, -0.1) is 11.3 Å². The Hall–Kier alpha value is -2.38. The molecule has 1 aromatic heterocycles. The molecular weight excluding hydrogens is 373 g/mol. The lowest BCUT2D eigenvalue weighted by atomic mass is 10.1. The Morgan fingerprint density at radius 3 is 2.52 bits per heavy atom. The number of hydrogen-bond acceptors (Lipinski definition) is 3. The average molecular weight is 383 g/mol. The Morgan fingerprint density at radius 1 is 1.12 bits per heavy atom. The Kier molecular flexibility index (Phi) is 4.78.